The number of likely N-dealkylation sites (tertiary alicyclic amines) is 1. The molecule has 0 bridgehead atoms. The van der Waals surface area contributed by atoms with Crippen molar-refractivity contribution >= 4 is 17.5 Å². The molecule has 0 spiro atoms. The quantitative estimate of drug-likeness (QED) is 0.917. The number of rotatable bonds is 4. The maximum absolute atomic E-state index is 13.5. The van der Waals surface area contributed by atoms with Gasteiger partial charge in [-0.1, -0.05) is 17.7 Å². The van der Waals surface area contributed by atoms with Crippen molar-refractivity contribution in [2.24, 2.45) is 5.73 Å². The van der Waals surface area contributed by atoms with E-state index in [-0.39, 0.29) is 29.4 Å². The zero-order chi connectivity index (χ0) is 14.0. The first-order valence-electron chi connectivity index (χ1n) is 6.03. The van der Waals surface area contributed by atoms with Gasteiger partial charge in [-0.25, -0.2) is 4.39 Å². The number of carbonyl (C=O) groups excluding carboxylic acids is 1. The number of nitrogens with zero attached hydrogens (tertiary/aromatic N) is 1. The van der Waals surface area contributed by atoms with Gasteiger partial charge < -0.3 is 15.4 Å². The molecule has 0 saturated carbocycles. The molecule has 0 aliphatic carbocycles. The fourth-order valence-electron chi connectivity index (χ4n) is 2.39. The van der Waals surface area contributed by atoms with Gasteiger partial charge in [0.05, 0.1) is 17.7 Å². The summed E-state index contributed by atoms with van der Waals surface area (Å²) < 4.78 is 18.5. The SMILES string of the molecule is COCCN1C(=O)C[C@H](N)[C@H]1c1ccc(Cl)c(F)c1. The summed E-state index contributed by atoms with van der Waals surface area (Å²) in [5.41, 5.74) is 6.66. The molecule has 6 heteroatoms. The van der Waals surface area contributed by atoms with E-state index >= 15 is 0 Å². The minimum atomic E-state index is -0.502. The first-order valence-corrected chi connectivity index (χ1v) is 6.41. The molecule has 1 aliphatic heterocycles. The van der Waals surface area contributed by atoms with Crippen molar-refractivity contribution in [1.29, 1.82) is 0 Å². The van der Waals surface area contributed by atoms with Crippen LogP contribution in [0.2, 0.25) is 5.02 Å². The van der Waals surface area contributed by atoms with Crippen LogP contribution in [0.25, 0.3) is 0 Å². The molecular weight excluding hydrogens is 271 g/mol. The molecule has 4 nitrogen and oxygen atoms in total. The Labute approximate surface area is 116 Å². The molecule has 1 amide bonds. The molecule has 1 aliphatic rings. The van der Waals surface area contributed by atoms with Crippen LogP contribution in [-0.2, 0) is 9.53 Å². The lowest BCUT2D eigenvalue weighted by atomic mass is 10.0. The van der Waals surface area contributed by atoms with Crippen LogP contribution in [0.4, 0.5) is 4.39 Å². The minimum Gasteiger partial charge on any atom is -0.383 e. The summed E-state index contributed by atoms with van der Waals surface area (Å²) >= 11 is 5.67. The van der Waals surface area contributed by atoms with E-state index in [4.69, 9.17) is 22.1 Å². The number of amides is 1. The van der Waals surface area contributed by atoms with Crippen molar-refractivity contribution in [2.75, 3.05) is 20.3 Å². The van der Waals surface area contributed by atoms with E-state index < -0.39 is 5.82 Å². The first-order chi connectivity index (χ1) is 9.04. The normalized spacial score (nSPS) is 23.2. The van der Waals surface area contributed by atoms with Crippen molar-refractivity contribution in [3.63, 3.8) is 0 Å². The number of carbonyl (C=O) groups is 1. The zero-order valence-electron chi connectivity index (χ0n) is 10.6. The molecule has 2 atom stereocenters. The van der Waals surface area contributed by atoms with Gasteiger partial charge in [-0.3, -0.25) is 4.79 Å². The molecule has 0 unspecified atom stereocenters. The lowest BCUT2D eigenvalue weighted by molar-refractivity contribution is -0.129. The highest BCUT2D eigenvalue weighted by Crippen LogP contribution is 2.33. The second-order valence-corrected chi connectivity index (χ2v) is 4.97. The standard InChI is InChI=1S/C13H16ClFN2O2/c1-19-5-4-17-12(18)7-11(16)13(17)8-2-3-9(14)10(15)6-8/h2-3,6,11,13H,4-5,7,16H2,1H3/t11-,13+/m0/s1. The topological polar surface area (TPSA) is 55.6 Å². The van der Waals surface area contributed by atoms with Crippen molar-refractivity contribution < 1.29 is 13.9 Å². The van der Waals surface area contributed by atoms with Crippen molar-refractivity contribution in [2.45, 2.75) is 18.5 Å². The van der Waals surface area contributed by atoms with Gasteiger partial charge in [0.1, 0.15) is 5.82 Å². The molecular formula is C13H16ClFN2O2. The van der Waals surface area contributed by atoms with Crippen LogP contribution in [0.5, 0.6) is 0 Å². The average molecular weight is 287 g/mol. The van der Waals surface area contributed by atoms with Crippen LogP contribution in [-0.4, -0.2) is 37.1 Å². The Morgan fingerprint density at radius 1 is 1.58 bits per heavy atom. The predicted octanol–water partition coefficient (Wildman–Crippen LogP) is 1.73. The number of benzene rings is 1. The summed E-state index contributed by atoms with van der Waals surface area (Å²) in [6, 6.07) is 3.86. The molecule has 1 aromatic rings. The Morgan fingerprint density at radius 3 is 2.95 bits per heavy atom. The van der Waals surface area contributed by atoms with Gasteiger partial charge in [-0.05, 0) is 17.7 Å². The zero-order valence-corrected chi connectivity index (χ0v) is 11.4. The van der Waals surface area contributed by atoms with Crippen LogP contribution in [0.1, 0.15) is 18.0 Å². The Bertz CT molecular complexity index is 484. The summed E-state index contributed by atoms with van der Waals surface area (Å²) in [5.74, 6) is -0.540. The third kappa shape index (κ3) is 2.88. The van der Waals surface area contributed by atoms with Crippen LogP contribution < -0.4 is 5.73 Å². The van der Waals surface area contributed by atoms with E-state index in [2.05, 4.69) is 0 Å². The summed E-state index contributed by atoms with van der Waals surface area (Å²) in [6.45, 7) is 0.864. The van der Waals surface area contributed by atoms with Gasteiger partial charge in [-0.15, -0.1) is 0 Å². The molecule has 0 radical (unpaired) electrons. The minimum absolute atomic E-state index is 0.0371. The Hall–Kier alpha value is -1.17. The van der Waals surface area contributed by atoms with Crippen LogP contribution in [0, 0.1) is 5.82 Å². The smallest absolute Gasteiger partial charge is 0.224 e. The summed E-state index contributed by atoms with van der Waals surface area (Å²) in [6.07, 6.45) is 0.263. The van der Waals surface area contributed by atoms with Crippen LogP contribution in [0.3, 0.4) is 0 Å². The summed E-state index contributed by atoms with van der Waals surface area (Å²) in [4.78, 5) is 13.5. The second kappa shape index (κ2) is 5.86. The number of hydrogen-bond donors (Lipinski definition) is 1. The monoisotopic (exact) mass is 286 g/mol. The van der Waals surface area contributed by atoms with Gasteiger partial charge in [0.25, 0.3) is 0 Å². The molecule has 1 saturated heterocycles. The Morgan fingerprint density at radius 2 is 2.32 bits per heavy atom. The predicted molar refractivity (Wildman–Crippen MR) is 70.3 cm³/mol. The van der Waals surface area contributed by atoms with Crippen molar-refractivity contribution in [3.8, 4) is 0 Å². The largest absolute Gasteiger partial charge is 0.383 e. The first kappa shape index (κ1) is 14.2. The maximum atomic E-state index is 13.5. The number of halogens is 2. The van der Waals surface area contributed by atoms with Gasteiger partial charge in [0.15, 0.2) is 0 Å². The third-order valence-electron chi connectivity index (χ3n) is 3.29. The molecule has 1 heterocycles. The highest BCUT2D eigenvalue weighted by Gasteiger charge is 2.38. The van der Waals surface area contributed by atoms with E-state index in [0.29, 0.717) is 18.7 Å². The molecule has 1 fully saturated rings. The lowest BCUT2D eigenvalue weighted by Gasteiger charge is -2.27. The van der Waals surface area contributed by atoms with E-state index in [9.17, 15) is 9.18 Å². The number of nitrogens with two attached hydrogens (primary N) is 1. The maximum Gasteiger partial charge on any atom is 0.224 e. The van der Waals surface area contributed by atoms with E-state index in [1.165, 1.54) is 12.1 Å². The van der Waals surface area contributed by atoms with Gasteiger partial charge in [0, 0.05) is 26.1 Å². The van der Waals surface area contributed by atoms with Gasteiger partial charge in [0.2, 0.25) is 5.91 Å². The highest BCUT2D eigenvalue weighted by molar-refractivity contribution is 6.30. The van der Waals surface area contributed by atoms with Gasteiger partial charge in [-0.2, -0.15) is 0 Å². The molecule has 0 aromatic heterocycles. The molecule has 104 valence electrons. The molecule has 2 N–H and O–H groups in total. The summed E-state index contributed by atoms with van der Waals surface area (Å²) in [5, 5.41) is 0.0603. The molecule has 19 heavy (non-hydrogen) atoms. The van der Waals surface area contributed by atoms with Gasteiger partial charge >= 0.3 is 0 Å². The Kier molecular flexibility index (Phi) is 4.39. The number of hydrogen-bond acceptors (Lipinski definition) is 3. The van der Waals surface area contributed by atoms with Crippen molar-refractivity contribution in [3.05, 3.63) is 34.6 Å². The highest BCUT2D eigenvalue weighted by atomic mass is 35.5. The van der Waals surface area contributed by atoms with E-state index in [0.717, 1.165) is 0 Å². The van der Waals surface area contributed by atoms with E-state index in [1.54, 1.807) is 18.1 Å². The number of methoxy groups -OCH3 is 1. The lowest BCUT2D eigenvalue weighted by Crippen LogP contribution is -2.35. The Balaban J connectivity index is 2.28. The number of ether oxygens (including phenoxy) is 1. The van der Waals surface area contributed by atoms with Crippen LogP contribution in [0.15, 0.2) is 18.2 Å². The fraction of sp³-hybridized carbons (Fsp3) is 0.462. The van der Waals surface area contributed by atoms with E-state index in [1.807, 2.05) is 0 Å². The second-order valence-electron chi connectivity index (χ2n) is 4.57. The summed E-state index contributed by atoms with van der Waals surface area (Å²) in [7, 11) is 1.57. The molecule has 1 aromatic carbocycles. The average Bonchev–Trinajstić information content (AvgIpc) is 2.65. The van der Waals surface area contributed by atoms with Crippen LogP contribution >= 0.6 is 11.6 Å². The fourth-order valence-corrected chi connectivity index (χ4v) is 2.51. The third-order valence-corrected chi connectivity index (χ3v) is 3.60. The molecule has 2 rings (SSSR count). The van der Waals surface area contributed by atoms with Crippen molar-refractivity contribution in [1.82, 2.24) is 4.90 Å².